The van der Waals surface area contributed by atoms with E-state index in [4.69, 9.17) is 16.3 Å². The molecule has 0 aliphatic heterocycles. The topological polar surface area (TPSA) is 96.5 Å². The van der Waals surface area contributed by atoms with Crippen LogP contribution in [0.1, 0.15) is 31.9 Å². The molecule has 0 spiro atoms. The summed E-state index contributed by atoms with van der Waals surface area (Å²) in [6.07, 6.45) is 2.43. The van der Waals surface area contributed by atoms with Crippen molar-refractivity contribution in [2.75, 3.05) is 11.9 Å². The van der Waals surface area contributed by atoms with E-state index in [1.54, 1.807) is 63.2 Å². The molecule has 0 aliphatic carbocycles. The Balaban J connectivity index is 1.81. The largest absolute Gasteiger partial charge is 0.444 e. The summed E-state index contributed by atoms with van der Waals surface area (Å²) in [6.45, 7) is 5.28. The Labute approximate surface area is 186 Å². The molecule has 0 aliphatic rings. The molecule has 0 saturated carbocycles. The predicted octanol–water partition coefficient (Wildman–Crippen LogP) is 4.13. The molecule has 2 aromatic rings. The van der Waals surface area contributed by atoms with Crippen LogP contribution in [0.25, 0.3) is 6.08 Å². The van der Waals surface area contributed by atoms with Crippen LogP contribution in [0.3, 0.4) is 0 Å². The fourth-order valence-corrected chi connectivity index (χ4v) is 2.65. The lowest BCUT2D eigenvalue weighted by Crippen LogP contribution is -2.39. The number of alkyl carbamates (subject to hydrolysis) is 1. The number of anilines is 1. The van der Waals surface area contributed by atoms with E-state index in [1.807, 2.05) is 12.1 Å². The third kappa shape index (κ3) is 9.82. The number of amides is 3. The molecule has 7 nitrogen and oxygen atoms in total. The molecule has 8 heteroatoms. The Morgan fingerprint density at radius 1 is 1.03 bits per heavy atom. The predicted molar refractivity (Wildman–Crippen MR) is 122 cm³/mol. The number of halogens is 1. The number of carbonyl (C=O) groups excluding carboxylic acids is 3. The SMILES string of the molecule is CC(C)(C)OC(=O)NCC(=O)NCc1cccc(NC(=O)/C=C/c2cccc(Cl)c2)c1. The minimum atomic E-state index is -0.654. The number of hydrogen-bond acceptors (Lipinski definition) is 4. The van der Waals surface area contributed by atoms with Crippen molar-refractivity contribution < 1.29 is 19.1 Å². The molecule has 0 atom stereocenters. The first kappa shape index (κ1) is 24.0. The average molecular weight is 444 g/mol. The van der Waals surface area contributed by atoms with Gasteiger partial charge in [-0.1, -0.05) is 35.9 Å². The van der Waals surface area contributed by atoms with Crippen molar-refractivity contribution in [3.05, 3.63) is 70.8 Å². The Morgan fingerprint density at radius 2 is 1.77 bits per heavy atom. The molecule has 0 saturated heterocycles. The second-order valence-electron chi connectivity index (χ2n) is 7.71. The highest BCUT2D eigenvalue weighted by Crippen LogP contribution is 2.13. The van der Waals surface area contributed by atoms with E-state index in [-0.39, 0.29) is 24.9 Å². The highest BCUT2D eigenvalue weighted by Gasteiger charge is 2.16. The van der Waals surface area contributed by atoms with Crippen molar-refractivity contribution in [1.82, 2.24) is 10.6 Å². The van der Waals surface area contributed by atoms with E-state index in [0.29, 0.717) is 10.7 Å². The molecule has 2 aromatic carbocycles. The van der Waals surface area contributed by atoms with E-state index in [1.165, 1.54) is 6.08 Å². The van der Waals surface area contributed by atoms with Gasteiger partial charge in [-0.15, -0.1) is 0 Å². The minimum Gasteiger partial charge on any atom is -0.444 e. The number of benzene rings is 2. The van der Waals surface area contributed by atoms with Crippen LogP contribution in [-0.2, 0) is 20.9 Å². The first-order valence-electron chi connectivity index (χ1n) is 9.68. The van der Waals surface area contributed by atoms with Gasteiger partial charge >= 0.3 is 6.09 Å². The lowest BCUT2D eigenvalue weighted by Gasteiger charge is -2.19. The van der Waals surface area contributed by atoms with E-state index >= 15 is 0 Å². The summed E-state index contributed by atoms with van der Waals surface area (Å²) in [5.41, 5.74) is 1.58. The number of ether oxygens (including phenoxy) is 1. The van der Waals surface area contributed by atoms with Gasteiger partial charge in [0.25, 0.3) is 0 Å². The molecule has 0 aromatic heterocycles. The van der Waals surface area contributed by atoms with Crippen molar-refractivity contribution in [3.63, 3.8) is 0 Å². The molecule has 2 rings (SSSR count). The zero-order chi connectivity index (χ0) is 22.9. The monoisotopic (exact) mass is 443 g/mol. The van der Waals surface area contributed by atoms with Gasteiger partial charge in [-0.2, -0.15) is 0 Å². The summed E-state index contributed by atoms with van der Waals surface area (Å²) >= 11 is 5.93. The quantitative estimate of drug-likeness (QED) is 0.560. The molecule has 31 heavy (non-hydrogen) atoms. The average Bonchev–Trinajstić information content (AvgIpc) is 2.68. The summed E-state index contributed by atoms with van der Waals surface area (Å²) in [4.78, 5) is 35.6. The lowest BCUT2D eigenvalue weighted by atomic mass is 10.2. The van der Waals surface area contributed by atoms with Crippen LogP contribution < -0.4 is 16.0 Å². The molecule has 0 radical (unpaired) electrons. The molecule has 0 fully saturated rings. The molecule has 3 amide bonds. The fraction of sp³-hybridized carbons (Fsp3) is 0.261. The van der Waals surface area contributed by atoms with Crippen LogP contribution in [0.15, 0.2) is 54.6 Å². The maximum absolute atomic E-state index is 12.1. The molecular weight excluding hydrogens is 418 g/mol. The summed E-state index contributed by atoms with van der Waals surface area (Å²) in [5.74, 6) is -0.646. The van der Waals surface area contributed by atoms with Gasteiger partial charge in [0.05, 0.1) is 0 Å². The van der Waals surface area contributed by atoms with Crippen molar-refractivity contribution in [1.29, 1.82) is 0 Å². The van der Waals surface area contributed by atoms with Crippen molar-refractivity contribution in [2.24, 2.45) is 0 Å². The van der Waals surface area contributed by atoms with Gasteiger partial charge in [0.2, 0.25) is 11.8 Å². The molecular formula is C23H26ClN3O4. The second kappa shape index (κ2) is 11.2. The van der Waals surface area contributed by atoms with Crippen molar-refractivity contribution in [3.8, 4) is 0 Å². The van der Waals surface area contributed by atoms with Crippen molar-refractivity contribution >= 4 is 41.3 Å². The van der Waals surface area contributed by atoms with E-state index in [0.717, 1.165) is 11.1 Å². The minimum absolute atomic E-state index is 0.195. The maximum Gasteiger partial charge on any atom is 0.408 e. The standard InChI is InChI=1S/C23H26ClN3O4/c1-23(2,3)31-22(30)26-15-21(29)25-14-17-7-5-9-19(13-17)27-20(28)11-10-16-6-4-8-18(24)12-16/h4-13H,14-15H2,1-3H3,(H,25,29)(H,26,30)(H,27,28)/b11-10+. The molecule has 0 bridgehead atoms. The van der Waals surface area contributed by atoms with Gasteiger partial charge in [0, 0.05) is 23.3 Å². The van der Waals surface area contributed by atoms with Crippen LogP contribution in [-0.4, -0.2) is 30.1 Å². The first-order chi connectivity index (χ1) is 14.6. The van der Waals surface area contributed by atoms with Gasteiger partial charge < -0.3 is 20.7 Å². The summed E-state index contributed by atoms with van der Waals surface area (Å²) < 4.78 is 5.08. The number of nitrogens with one attached hydrogen (secondary N) is 3. The van der Waals surface area contributed by atoms with E-state index in [2.05, 4.69) is 16.0 Å². The lowest BCUT2D eigenvalue weighted by molar-refractivity contribution is -0.120. The molecule has 164 valence electrons. The number of rotatable bonds is 7. The Kier molecular flexibility index (Phi) is 8.63. The third-order valence-corrected chi connectivity index (χ3v) is 3.99. The zero-order valence-corrected chi connectivity index (χ0v) is 18.5. The van der Waals surface area contributed by atoms with Gasteiger partial charge in [-0.3, -0.25) is 9.59 Å². The van der Waals surface area contributed by atoms with Crippen molar-refractivity contribution in [2.45, 2.75) is 32.9 Å². The summed E-state index contributed by atoms with van der Waals surface area (Å²) in [7, 11) is 0. The number of hydrogen-bond donors (Lipinski definition) is 3. The summed E-state index contributed by atoms with van der Waals surface area (Å²) in [5, 5.41) is 8.47. The molecule has 3 N–H and O–H groups in total. The van der Waals surface area contributed by atoms with Gasteiger partial charge in [-0.05, 0) is 62.2 Å². The number of carbonyl (C=O) groups is 3. The van der Waals surface area contributed by atoms with Crippen LogP contribution in [0, 0.1) is 0 Å². The smallest absolute Gasteiger partial charge is 0.408 e. The summed E-state index contributed by atoms with van der Waals surface area (Å²) in [6, 6.07) is 14.3. The van der Waals surface area contributed by atoms with Crippen LogP contribution in [0.2, 0.25) is 5.02 Å². The highest BCUT2D eigenvalue weighted by atomic mass is 35.5. The van der Waals surface area contributed by atoms with Gasteiger partial charge in [0.1, 0.15) is 12.1 Å². The Hall–Kier alpha value is -3.32. The second-order valence-corrected chi connectivity index (χ2v) is 8.15. The maximum atomic E-state index is 12.1. The van der Waals surface area contributed by atoms with Gasteiger partial charge in [0.15, 0.2) is 0 Å². The van der Waals surface area contributed by atoms with E-state index in [9.17, 15) is 14.4 Å². The zero-order valence-electron chi connectivity index (χ0n) is 17.7. The Bertz CT molecular complexity index is 967. The Morgan fingerprint density at radius 3 is 2.48 bits per heavy atom. The first-order valence-corrected chi connectivity index (χ1v) is 10.1. The van der Waals surface area contributed by atoms with E-state index < -0.39 is 11.7 Å². The third-order valence-electron chi connectivity index (χ3n) is 3.75. The highest BCUT2D eigenvalue weighted by molar-refractivity contribution is 6.30. The normalized spacial score (nSPS) is 11.1. The fourth-order valence-electron chi connectivity index (χ4n) is 2.45. The van der Waals surface area contributed by atoms with Crippen LogP contribution in [0.5, 0.6) is 0 Å². The van der Waals surface area contributed by atoms with Crippen LogP contribution >= 0.6 is 11.6 Å². The van der Waals surface area contributed by atoms with Gasteiger partial charge in [-0.25, -0.2) is 4.79 Å². The molecule has 0 unspecified atom stereocenters. The molecule has 0 heterocycles. The van der Waals surface area contributed by atoms with Crippen LogP contribution in [0.4, 0.5) is 10.5 Å².